The van der Waals surface area contributed by atoms with E-state index in [1.807, 2.05) is 0 Å². The molecule has 0 aliphatic heterocycles. The Bertz CT molecular complexity index is 431. The van der Waals surface area contributed by atoms with Crippen LogP contribution in [-0.4, -0.2) is 28.4 Å². The molecule has 0 aromatic carbocycles. The highest BCUT2D eigenvalue weighted by Crippen LogP contribution is 2.18. The van der Waals surface area contributed by atoms with Gasteiger partial charge < -0.3 is 16.2 Å². The van der Waals surface area contributed by atoms with E-state index in [0.29, 0.717) is 0 Å². The number of rotatable bonds is 4. The van der Waals surface area contributed by atoms with Gasteiger partial charge in [0.2, 0.25) is 0 Å². The van der Waals surface area contributed by atoms with Gasteiger partial charge in [-0.05, 0) is 0 Å². The number of amidine groups is 1. The third-order valence-corrected chi connectivity index (χ3v) is 2.32. The zero-order chi connectivity index (χ0) is 13.0. The van der Waals surface area contributed by atoms with E-state index >= 15 is 0 Å². The van der Waals surface area contributed by atoms with Crippen LogP contribution in [0.25, 0.3) is 0 Å². The average Bonchev–Trinajstić information content (AvgIpc) is 2.25. The van der Waals surface area contributed by atoms with Crippen LogP contribution in [-0.2, 0) is 4.74 Å². The topological polar surface area (TPSA) is 128 Å². The molecule has 0 saturated heterocycles. The van der Waals surface area contributed by atoms with Crippen LogP contribution in [0.15, 0.2) is 6.33 Å². The monoisotopic (exact) mass is 257 g/mol. The first kappa shape index (κ1) is 13.2. The molecule has 5 N–H and O–H groups in total. The number of nitrogens with one attached hydrogen (secondary N) is 1. The van der Waals surface area contributed by atoms with Crippen molar-refractivity contribution in [2.24, 2.45) is 11.7 Å². The lowest BCUT2D eigenvalue weighted by Gasteiger charge is -2.11. The first-order valence-electron chi connectivity index (χ1n) is 4.70. The third kappa shape index (κ3) is 3.28. The fraction of sp³-hybridized carbons (Fsp3) is 0.333. The first-order chi connectivity index (χ1) is 7.93. The highest BCUT2D eigenvalue weighted by Gasteiger charge is 2.19. The second kappa shape index (κ2) is 5.44. The number of nitrogens with two attached hydrogens (primary N) is 2. The van der Waals surface area contributed by atoms with E-state index in [0.717, 1.165) is 6.33 Å². The Balaban J connectivity index is 2.74. The molecule has 1 aromatic rings. The number of halogens is 1. The lowest BCUT2D eigenvalue weighted by atomic mass is 10.2. The van der Waals surface area contributed by atoms with Crippen molar-refractivity contribution in [1.82, 2.24) is 9.97 Å². The summed E-state index contributed by atoms with van der Waals surface area (Å²) in [5.74, 6) is -1.23. The summed E-state index contributed by atoms with van der Waals surface area (Å²) < 4.78 is 4.91. The van der Waals surface area contributed by atoms with E-state index in [9.17, 15) is 4.79 Å². The molecular weight excluding hydrogens is 246 g/mol. The van der Waals surface area contributed by atoms with E-state index in [1.54, 1.807) is 6.92 Å². The number of carbonyl (C=O) groups excluding carboxylic acids is 1. The fourth-order valence-corrected chi connectivity index (χ4v) is 1.15. The van der Waals surface area contributed by atoms with Crippen molar-refractivity contribution in [3.63, 3.8) is 0 Å². The van der Waals surface area contributed by atoms with Gasteiger partial charge in [-0.25, -0.2) is 14.8 Å². The van der Waals surface area contributed by atoms with Crippen molar-refractivity contribution in [2.75, 3.05) is 12.3 Å². The van der Waals surface area contributed by atoms with Gasteiger partial charge in [0.05, 0.1) is 5.84 Å². The third-order valence-electron chi connectivity index (χ3n) is 2.03. The maximum absolute atomic E-state index is 11.6. The molecule has 92 valence electrons. The number of esters is 1. The van der Waals surface area contributed by atoms with Gasteiger partial charge in [0.25, 0.3) is 0 Å². The zero-order valence-corrected chi connectivity index (χ0v) is 9.86. The summed E-state index contributed by atoms with van der Waals surface area (Å²) >= 11 is 5.70. The van der Waals surface area contributed by atoms with Crippen molar-refractivity contribution >= 4 is 29.2 Å². The molecular formula is C9H12ClN5O2. The van der Waals surface area contributed by atoms with Crippen molar-refractivity contribution in [3.8, 4) is 0 Å². The molecule has 0 aliphatic rings. The second-order valence-electron chi connectivity index (χ2n) is 3.38. The molecule has 8 heteroatoms. The van der Waals surface area contributed by atoms with Crippen LogP contribution >= 0.6 is 11.6 Å². The number of nitrogen functional groups attached to an aromatic ring is 1. The molecule has 1 heterocycles. The van der Waals surface area contributed by atoms with Gasteiger partial charge in [-0.2, -0.15) is 0 Å². The van der Waals surface area contributed by atoms with Crippen molar-refractivity contribution in [1.29, 1.82) is 5.41 Å². The lowest BCUT2D eigenvalue weighted by molar-refractivity contribution is 0.0480. The van der Waals surface area contributed by atoms with Gasteiger partial charge in [-0.15, -0.1) is 0 Å². The molecule has 1 unspecified atom stereocenters. The summed E-state index contributed by atoms with van der Waals surface area (Å²) in [7, 11) is 0. The summed E-state index contributed by atoms with van der Waals surface area (Å²) in [5.41, 5.74) is 10.6. The molecule has 17 heavy (non-hydrogen) atoms. The average molecular weight is 258 g/mol. The molecule has 0 aliphatic carbocycles. The molecule has 0 saturated carbocycles. The lowest BCUT2D eigenvalue weighted by Crippen LogP contribution is -2.25. The molecule has 1 rings (SSSR count). The van der Waals surface area contributed by atoms with Gasteiger partial charge >= 0.3 is 5.97 Å². The van der Waals surface area contributed by atoms with E-state index in [1.165, 1.54) is 0 Å². The quantitative estimate of drug-likeness (QED) is 0.311. The predicted octanol–water partition coefficient (Wildman–Crippen LogP) is 0.441. The Morgan fingerprint density at radius 1 is 1.65 bits per heavy atom. The molecule has 0 radical (unpaired) electrons. The van der Waals surface area contributed by atoms with Crippen LogP contribution in [0.3, 0.4) is 0 Å². The van der Waals surface area contributed by atoms with Crippen LogP contribution < -0.4 is 11.5 Å². The molecule has 0 spiro atoms. The first-order valence-corrected chi connectivity index (χ1v) is 5.08. The Morgan fingerprint density at radius 2 is 2.29 bits per heavy atom. The maximum atomic E-state index is 11.6. The van der Waals surface area contributed by atoms with E-state index in [2.05, 4.69) is 9.97 Å². The number of aromatic nitrogens is 2. The number of nitrogens with zero attached hydrogens (tertiary/aromatic N) is 2. The highest BCUT2D eigenvalue weighted by atomic mass is 35.5. The number of hydrogen-bond donors (Lipinski definition) is 3. The standard InChI is InChI=1S/C9H12ClN5O2/c1-4(7(11)12)2-17-9(16)5-6(10)14-3-15-8(5)13/h3-4H,2H2,1H3,(H3,11,12)(H2,13,14,15). The van der Waals surface area contributed by atoms with Gasteiger partial charge in [-0.3, -0.25) is 5.41 Å². The van der Waals surface area contributed by atoms with E-state index in [-0.39, 0.29) is 34.9 Å². The van der Waals surface area contributed by atoms with Crippen molar-refractivity contribution in [2.45, 2.75) is 6.92 Å². The minimum atomic E-state index is -0.735. The molecule has 1 atom stereocenters. The molecule has 0 bridgehead atoms. The molecule has 0 fully saturated rings. The van der Waals surface area contributed by atoms with Gasteiger partial charge in [-0.1, -0.05) is 18.5 Å². The van der Waals surface area contributed by atoms with E-state index < -0.39 is 5.97 Å². The van der Waals surface area contributed by atoms with E-state index in [4.69, 9.17) is 33.2 Å². The summed E-state index contributed by atoms with van der Waals surface area (Å²) in [6.07, 6.45) is 1.15. The fourth-order valence-electron chi connectivity index (χ4n) is 0.928. The summed E-state index contributed by atoms with van der Waals surface area (Å²) in [6, 6.07) is 0. The van der Waals surface area contributed by atoms with Crippen molar-refractivity contribution < 1.29 is 9.53 Å². The van der Waals surface area contributed by atoms with Gasteiger partial charge in [0, 0.05) is 5.92 Å². The van der Waals surface area contributed by atoms with Crippen LogP contribution in [0.4, 0.5) is 5.82 Å². The molecule has 1 aromatic heterocycles. The summed E-state index contributed by atoms with van der Waals surface area (Å²) in [5, 5.41) is 7.07. The molecule has 7 nitrogen and oxygen atoms in total. The number of hydrogen-bond acceptors (Lipinski definition) is 6. The number of anilines is 1. The maximum Gasteiger partial charge on any atom is 0.345 e. The second-order valence-corrected chi connectivity index (χ2v) is 3.74. The Hall–Kier alpha value is -1.89. The largest absolute Gasteiger partial charge is 0.461 e. The van der Waals surface area contributed by atoms with Crippen LogP contribution in [0.1, 0.15) is 17.3 Å². The molecule has 0 amide bonds. The van der Waals surface area contributed by atoms with Crippen LogP contribution in [0, 0.1) is 11.3 Å². The Labute approximate surface area is 103 Å². The zero-order valence-electron chi connectivity index (χ0n) is 9.11. The summed E-state index contributed by atoms with van der Waals surface area (Å²) in [6.45, 7) is 1.63. The minimum Gasteiger partial charge on any atom is -0.461 e. The number of ether oxygens (including phenoxy) is 1. The highest BCUT2D eigenvalue weighted by molar-refractivity contribution is 6.32. The summed E-state index contributed by atoms with van der Waals surface area (Å²) in [4.78, 5) is 18.9. The Morgan fingerprint density at radius 3 is 2.82 bits per heavy atom. The van der Waals surface area contributed by atoms with Gasteiger partial charge in [0.1, 0.15) is 29.5 Å². The normalized spacial score (nSPS) is 11.9. The van der Waals surface area contributed by atoms with Crippen LogP contribution in [0.2, 0.25) is 5.15 Å². The minimum absolute atomic E-state index is 0.0289. The van der Waals surface area contributed by atoms with Crippen molar-refractivity contribution in [3.05, 3.63) is 17.0 Å². The van der Waals surface area contributed by atoms with Crippen LogP contribution in [0.5, 0.6) is 0 Å². The SMILES string of the molecule is CC(COC(=O)c1c(N)ncnc1Cl)C(=N)N. The smallest absolute Gasteiger partial charge is 0.345 e. The predicted molar refractivity (Wildman–Crippen MR) is 62.8 cm³/mol. The Kier molecular flexibility index (Phi) is 4.22. The number of carbonyl (C=O) groups is 1. The van der Waals surface area contributed by atoms with Gasteiger partial charge in [0.15, 0.2) is 0 Å².